The highest BCUT2D eigenvalue weighted by molar-refractivity contribution is 5.99. The fraction of sp³-hybridized carbons (Fsp3) is 0.647. The summed E-state index contributed by atoms with van der Waals surface area (Å²) in [7, 11) is 1.92. The van der Waals surface area contributed by atoms with Crippen LogP contribution in [0.4, 0.5) is 5.69 Å². The number of nitrogens with one attached hydrogen (secondary N) is 1. The van der Waals surface area contributed by atoms with Crippen molar-refractivity contribution in [1.29, 1.82) is 0 Å². The zero-order valence-electron chi connectivity index (χ0n) is 13.6. The summed E-state index contributed by atoms with van der Waals surface area (Å²) < 4.78 is 0. The van der Waals surface area contributed by atoms with E-state index in [1.807, 2.05) is 24.9 Å². The molecule has 1 aromatic heterocycles. The lowest BCUT2D eigenvalue weighted by Gasteiger charge is -2.38. The van der Waals surface area contributed by atoms with Crippen LogP contribution >= 0.6 is 0 Å². The number of amides is 1. The van der Waals surface area contributed by atoms with Gasteiger partial charge in [0, 0.05) is 32.0 Å². The van der Waals surface area contributed by atoms with Gasteiger partial charge in [0.05, 0.1) is 11.3 Å². The zero-order chi connectivity index (χ0) is 15.5. The van der Waals surface area contributed by atoms with Gasteiger partial charge in [0.1, 0.15) is 0 Å². The van der Waals surface area contributed by atoms with Crippen molar-refractivity contribution in [3.63, 3.8) is 0 Å². The van der Waals surface area contributed by atoms with E-state index in [4.69, 9.17) is 0 Å². The van der Waals surface area contributed by atoms with Crippen molar-refractivity contribution in [3.05, 3.63) is 24.0 Å². The molecule has 1 aliphatic carbocycles. The first-order valence-electron chi connectivity index (χ1n) is 7.89. The van der Waals surface area contributed by atoms with E-state index in [2.05, 4.69) is 24.1 Å². The van der Waals surface area contributed by atoms with E-state index >= 15 is 0 Å². The Kier molecular flexibility index (Phi) is 4.86. The molecule has 0 bridgehead atoms. The number of hydrogen-bond donors (Lipinski definition) is 1. The number of hydrogen-bond acceptors (Lipinski definition) is 3. The van der Waals surface area contributed by atoms with Crippen molar-refractivity contribution in [2.24, 2.45) is 5.41 Å². The third kappa shape index (κ3) is 3.74. The van der Waals surface area contributed by atoms with E-state index in [1.54, 1.807) is 12.4 Å². The number of anilines is 1. The molecule has 0 saturated heterocycles. The third-order valence-electron chi connectivity index (χ3n) is 4.60. The van der Waals surface area contributed by atoms with Crippen molar-refractivity contribution in [3.8, 4) is 0 Å². The molecule has 1 N–H and O–H groups in total. The largest absolute Gasteiger partial charge is 0.385 e. The maximum Gasteiger partial charge on any atom is 0.257 e. The highest BCUT2D eigenvalue weighted by Gasteiger charge is 2.31. The Balaban J connectivity index is 2.09. The fourth-order valence-electron chi connectivity index (χ4n) is 3.04. The van der Waals surface area contributed by atoms with Crippen LogP contribution in [-0.4, -0.2) is 35.4 Å². The summed E-state index contributed by atoms with van der Waals surface area (Å²) in [5, 5.41) is 3.24. The minimum Gasteiger partial charge on any atom is -0.385 e. The van der Waals surface area contributed by atoms with Crippen LogP contribution in [0.1, 0.15) is 56.8 Å². The lowest BCUT2D eigenvalue weighted by atomic mass is 9.75. The second-order valence-corrected chi connectivity index (χ2v) is 6.76. The van der Waals surface area contributed by atoms with Gasteiger partial charge in [-0.05, 0) is 44.1 Å². The maximum atomic E-state index is 12.7. The zero-order valence-corrected chi connectivity index (χ0v) is 13.6. The molecule has 0 aliphatic heterocycles. The molecule has 4 nitrogen and oxygen atoms in total. The van der Waals surface area contributed by atoms with Crippen LogP contribution in [0.25, 0.3) is 0 Å². The SMILES string of the molecule is CCNc1ccncc1C(=O)N(C)C1CCC(C)(C)CC1. The summed E-state index contributed by atoms with van der Waals surface area (Å²) in [6, 6.07) is 2.22. The Morgan fingerprint density at radius 1 is 1.43 bits per heavy atom. The lowest BCUT2D eigenvalue weighted by molar-refractivity contribution is 0.0636. The van der Waals surface area contributed by atoms with Crippen LogP contribution in [0.15, 0.2) is 18.5 Å². The minimum absolute atomic E-state index is 0.0729. The van der Waals surface area contributed by atoms with Crippen molar-refractivity contribution < 1.29 is 4.79 Å². The van der Waals surface area contributed by atoms with Gasteiger partial charge in [-0.3, -0.25) is 9.78 Å². The average Bonchev–Trinajstić information content (AvgIpc) is 2.47. The third-order valence-corrected chi connectivity index (χ3v) is 4.60. The summed E-state index contributed by atoms with van der Waals surface area (Å²) in [6.07, 6.45) is 7.93. The topological polar surface area (TPSA) is 45.2 Å². The Labute approximate surface area is 127 Å². The normalized spacial score (nSPS) is 18.3. The van der Waals surface area contributed by atoms with Gasteiger partial charge in [0.25, 0.3) is 5.91 Å². The fourth-order valence-corrected chi connectivity index (χ4v) is 3.04. The van der Waals surface area contributed by atoms with Gasteiger partial charge in [0.15, 0.2) is 0 Å². The second kappa shape index (κ2) is 6.46. The molecule has 0 aromatic carbocycles. The summed E-state index contributed by atoms with van der Waals surface area (Å²) in [5.41, 5.74) is 1.97. The Morgan fingerprint density at radius 3 is 2.71 bits per heavy atom. The number of nitrogens with zero attached hydrogens (tertiary/aromatic N) is 2. The smallest absolute Gasteiger partial charge is 0.257 e. The average molecular weight is 289 g/mol. The molecule has 1 aromatic rings. The molecule has 1 amide bonds. The highest BCUT2D eigenvalue weighted by Crippen LogP contribution is 2.37. The molecule has 1 heterocycles. The van der Waals surface area contributed by atoms with Crippen LogP contribution in [0.3, 0.4) is 0 Å². The molecule has 116 valence electrons. The first-order chi connectivity index (χ1) is 9.94. The molecule has 0 spiro atoms. The van der Waals surface area contributed by atoms with E-state index in [9.17, 15) is 4.79 Å². The number of carbonyl (C=O) groups is 1. The van der Waals surface area contributed by atoms with Gasteiger partial charge < -0.3 is 10.2 Å². The molecule has 0 radical (unpaired) electrons. The number of carbonyl (C=O) groups excluding carboxylic acids is 1. The Morgan fingerprint density at radius 2 is 2.10 bits per heavy atom. The minimum atomic E-state index is 0.0729. The molecule has 4 heteroatoms. The molecule has 2 rings (SSSR count). The molecule has 1 aliphatic rings. The van der Waals surface area contributed by atoms with Crippen LogP contribution in [0, 0.1) is 5.41 Å². The lowest BCUT2D eigenvalue weighted by Crippen LogP contribution is -2.41. The Bertz CT molecular complexity index is 489. The van der Waals surface area contributed by atoms with Gasteiger partial charge in [-0.15, -0.1) is 0 Å². The summed E-state index contributed by atoms with van der Waals surface area (Å²) >= 11 is 0. The van der Waals surface area contributed by atoms with Crippen molar-refractivity contribution in [1.82, 2.24) is 9.88 Å². The van der Waals surface area contributed by atoms with E-state index in [0.29, 0.717) is 17.0 Å². The van der Waals surface area contributed by atoms with Gasteiger partial charge in [-0.2, -0.15) is 0 Å². The van der Waals surface area contributed by atoms with Crippen molar-refractivity contribution in [2.75, 3.05) is 18.9 Å². The summed E-state index contributed by atoms with van der Waals surface area (Å²) in [5.74, 6) is 0.0729. The Hall–Kier alpha value is -1.58. The summed E-state index contributed by atoms with van der Waals surface area (Å²) in [6.45, 7) is 7.46. The van der Waals surface area contributed by atoms with Gasteiger partial charge in [-0.1, -0.05) is 13.8 Å². The maximum absolute atomic E-state index is 12.7. The first-order valence-corrected chi connectivity index (χ1v) is 7.89. The van der Waals surface area contributed by atoms with Crippen molar-refractivity contribution in [2.45, 2.75) is 52.5 Å². The number of rotatable bonds is 4. The first kappa shape index (κ1) is 15.8. The highest BCUT2D eigenvalue weighted by atomic mass is 16.2. The summed E-state index contributed by atoms with van der Waals surface area (Å²) in [4.78, 5) is 18.8. The second-order valence-electron chi connectivity index (χ2n) is 6.76. The molecule has 1 fully saturated rings. The van der Waals surface area contributed by atoms with Crippen molar-refractivity contribution >= 4 is 11.6 Å². The molecule has 0 atom stereocenters. The molecular formula is C17H27N3O. The number of pyridine rings is 1. The van der Waals surface area contributed by atoms with Crippen LogP contribution in [0.2, 0.25) is 0 Å². The van der Waals surface area contributed by atoms with E-state index in [1.165, 1.54) is 12.8 Å². The molecular weight excluding hydrogens is 262 g/mol. The van der Waals surface area contributed by atoms with Gasteiger partial charge >= 0.3 is 0 Å². The van der Waals surface area contributed by atoms with Gasteiger partial charge in [-0.25, -0.2) is 0 Å². The van der Waals surface area contributed by atoms with Crippen LogP contribution < -0.4 is 5.32 Å². The monoisotopic (exact) mass is 289 g/mol. The molecule has 1 saturated carbocycles. The van der Waals surface area contributed by atoms with E-state index in [0.717, 1.165) is 25.1 Å². The van der Waals surface area contributed by atoms with E-state index in [-0.39, 0.29) is 5.91 Å². The quantitative estimate of drug-likeness (QED) is 0.922. The predicted octanol–water partition coefficient (Wildman–Crippen LogP) is 3.55. The molecule has 21 heavy (non-hydrogen) atoms. The number of aromatic nitrogens is 1. The predicted molar refractivity (Wildman–Crippen MR) is 86.5 cm³/mol. The van der Waals surface area contributed by atoms with Gasteiger partial charge in [0.2, 0.25) is 0 Å². The van der Waals surface area contributed by atoms with E-state index < -0.39 is 0 Å². The van der Waals surface area contributed by atoms with Crippen LogP contribution in [-0.2, 0) is 0 Å². The van der Waals surface area contributed by atoms with Crippen LogP contribution in [0.5, 0.6) is 0 Å². The molecule has 0 unspecified atom stereocenters. The standard InChI is InChI=1S/C17H27N3O/c1-5-19-15-8-11-18-12-14(15)16(21)20(4)13-6-9-17(2,3)10-7-13/h8,11-13H,5-7,9-10H2,1-4H3,(H,18,19).